The van der Waals surface area contributed by atoms with Gasteiger partial charge in [-0.05, 0) is 70.7 Å². The van der Waals surface area contributed by atoms with Gasteiger partial charge >= 0.3 is 0 Å². The molecule has 2 fully saturated rings. The van der Waals surface area contributed by atoms with Crippen LogP contribution >= 0.6 is 0 Å². The molecule has 0 aromatic rings. The van der Waals surface area contributed by atoms with Gasteiger partial charge in [-0.1, -0.05) is 34.1 Å². The zero-order valence-electron chi connectivity index (χ0n) is 16.4. The molecule has 2 aliphatic heterocycles. The third-order valence-electron chi connectivity index (χ3n) is 4.66. The van der Waals surface area contributed by atoms with E-state index in [9.17, 15) is 4.79 Å². The largest absolute Gasteiger partial charge is 0.358 e. The summed E-state index contributed by atoms with van der Waals surface area (Å²) in [4.78, 5) is 16.3. The molecule has 4 nitrogen and oxygen atoms in total. The Bertz CT molecular complexity index is 270. The molecule has 0 bridgehead atoms. The van der Waals surface area contributed by atoms with Gasteiger partial charge in [0.25, 0.3) is 0 Å². The first-order valence-corrected chi connectivity index (χ1v) is 9.93. The Morgan fingerprint density at radius 2 is 1.48 bits per heavy atom. The van der Waals surface area contributed by atoms with Crippen LogP contribution in [0.2, 0.25) is 0 Å². The predicted molar refractivity (Wildman–Crippen MR) is 101 cm³/mol. The first-order chi connectivity index (χ1) is 11.3. The Balaban J connectivity index is 0.00000112. The zero-order valence-corrected chi connectivity index (χ0v) is 16.4. The quantitative estimate of drug-likeness (QED) is 0.841. The molecule has 0 saturated carbocycles. The van der Waals surface area contributed by atoms with Gasteiger partial charge in [-0.2, -0.15) is 0 Å². The second-order valence-corrected chi connectivity index (χ2v) is 6.08. The van der Waals surface area contributed by atoms with Crippen LogP contribution in [-0.2, 0) is 4.79 Å². The normalized spacial score (nSPS) is 19.9. The van der Waals surface area contributed by atoms with Crippen LogP contribution in [0.15, 0.2) is 0 Å². The van der Waals surface area contributed by atoms with Crippen molar-refractivity contribution in [1.82, 2.24) is 15.1 Å². The summed E-state index contributed by atoms with van der Waals surface area (Å²) in [6.45, 7) is 14.7. The Labute approximate surface area is 145 Å². The van der Waals surface area contributed by atoms with Crippen LogP contribution in [0.5, 0.6) is 0 Å². The molecule has 0 spiro atoms. The SMILES string of the molecule is CC.CC.CNC(=O)CN1CCC(CCN2CCCCC2)CC1. The second-order valence-electron chi connectivity index (χ2n) is 6.08. The van der Waals surface area contributed by atoms with Crippen molar-refractivity contribution in [2.24, 2.45) is 5.92 Å². The summed E-state index contributed by atoms with van der Waals surface area (Å²) < 4.78 is 0. The molecule has 2 aliphatic rings. The summed E-state index contributed by atoms with van der Waals surface area (Å²) in [6.07, 6.45) is 8.10. The average molecular weight is 328 g/mol. The minimum Gasteiger partial charge on any atom is -0.358 e. The Kier molecular flexibility index (Phi) is 14.6. The van der Waals surface area contributed by atoms with Gasteiger partial charge in [-0.15, -0.1) is 0 Å². The number of rotatable bonds is 5. The van der Waals surface area contributed by atoms with Gasteiger partial charge in [-0.3, -0.25) is 9.69 Å². The van der Waals surface area contributed by atoms with Crippen molar-refractivity contribution >= 4 is 5.91 Å². The second kappa shape index (κ2) is 14.9. The summed E-state index contributed by atoms with van der Waals surface area (Å²) >= 11 is 0. The number of nitrogens with zero attached hydrogens (tertiary/aromatic N) is 2. The van der Waals surface area contributed by atoms with Crippen LogP contribution in [0.3, 0.4) is 0 Å². The molecule has 4 heteroatoms. The predicted octanol–water partition coefficient (Wildman–Crippen LogP) is 3.37. The molecular weight excluding hydrogens is 286 g/mol. The molecule has 138 valence electrons. The molecule has 0 radical (unpaired) electrons. The maximum atomic E-state index is 11.3. The number of hydrogen-bond acceptors (Lipinski definition) is 3. The molecule has 2 heterocycles. The van der Waals surface area contributed by atoms with Crippen LogP contribution in [0, 0.1) is 5.92 Å². The minimum absolute atomic E-state index is 0.145. The third kappa shape index (κ3) is 9.98. The van der Waals surface area contributed by atoms with Gasteiger partial charge in [-0.25, -0.2) is 0 Å². The fourth-order valence-corrected chi connectivity index (χ4v) is 3.26. The van der Waals surface area contributed by atoms with Gasteiger partial charge in [0.15, 0.2) is 0 Å². The highest BCUT2D eigenvalue weighted by Gasteiger charge is 2.21. The lowest BCUT2D eigenvalue weighted by atomic mass is 9.93. The van der Waals surface area contributed by atoms with E-state index in [-0.39, 0.29) is 5.91 Å². The standard InChI is InChI=1S/C15H29N3O.2C2H6/c1-16-15(19)13-18-11-6-14(7-12-18)5-10-17-8-3-2-4-9-17;2*1-2/h14H,2-13H2,1H3,(H,16,19);2*1-2H3. The molecule has 0 unspecified atom stereocenters. The third-order valence-corrected chi connectivity index (χ3v) is 4.66. The topological polar surface area (TPSA) is 35.6 Å². The van der Waals surface area contributed by atoms with E-state index in [1.165, 1.54) is 58.2 Å². The molecule has 0 aromatic carbocycles. The highest BCUT2D eigenvalue weighted by molar-refractivity contribution is 5.77. The monoisotopic (exact) mass is 327 g/mol. The summed E-state index contributed by atoms with van der Waals surface area (Å²) in [5.74, 6) is 1.02. The summed E-state index contributed by atoms with van der Waals surface area (Å²) in [5.41, 5.74) is 0. The van der Waals surface area contributed by atoms with Crippen LogP contribution in [-0.4, -0.2) is 62.0 Å². The molecule has 1 N–H and O–H groups in total. The molecule has 2 rings (SSSR count). The molecular formula is C19H41N3O. The molecule has 2 saturated heterocycles. The van der Waals surface area contributed by atoms with Crippen LogP contribution in [0.25, 0.3) is 0 Å². The van der Waals surface area contributed by atoms with Gasteiger partial charge in [0.05, 0.1) is 6.54 Å². The van der Waals surface area contributed by atoms with E-state index in [4.69, 9.17) is 0 Å². The molecule has 0 aromatic heterocycles. The number of likely N-dealkylation sites (N-methyl/N-ethyl adjacent to an activating group) is 1. The number of likely N-dealkylation sites (tertiary alicyclic amines) is 2. The van der Waals surface area contributed by atoms with E-state index in [2.05, 4.69) is 15.1 Å². The van der Waals surface area contributed by atoms with Crippen LogP contribution in [0.1, 0.15) is 66.2 Å². The summed E-state index contributed by atoms with van der Waals surface area (Å²) in [5, 5.41) is 2.70. The van der Waals surface area contributed by atoms with E-state index in [0.29, 0.717) is 6.54 Å². The van der Waals surface area contributed by atoms with Crippen molar-refractivity contribution in [3.05, 3.63) is 0 Å². The Morgan fingerprint density at radius 1 is 0.913 bits per heavy atom. The Morgan fingerprint density at radius 3 is 2.00 bits per heavy atom. The average Bonchev–Trinajstić information content (AvgIpc) is 2.65. The number of hydrogen-bond donors (Lipinski definition) is 1. The first-order valence-electron chi connectivity index (χ1n) is 9.93. The van der Waals surface area contributed by atoms with Gasteiger partial charge in [0, 0.05) is 7.05 Å². The van der Waals surface area contributed by atoms with E-state index in [1.807, 2.05) is 27.7 Å². The van der Waals surface area contributed by atoms with E-state index >= 15 is 0 Å². The van der Waals surface area contributed by atoms with Crippen molar-refractivity contribution < 1.29 is 4.79 Å². The number of piperidine rings is 2. The molecule has 0 aliphatic carbocycles. The van der Waals surface area contributed by atoms with Crippen molar-refractivity contribution in [1.29, 1.82) is 0 Å². The molecule has 1 amide bonds. The van der Waals surface area contributed by atoms with Gasteiger partial charge < -0.3 is 10.2 Å². The summed E-state index contributed by atoms with van der Waals surface area (Å²) in [6, 6.07) is 0. The summed E-state index contributed by atoms with van der Waals surface area (Å²) in [7, 11) is 1.72. The number of amides is 1. The Hall–Kier alpha value is -0.610. The van der Waals surface area contributed by atoms with Gasteiger partial charge in [0.2, 0.25) is 5.91 Å². The smallest absolute Gasteiger partial charge is 0.233 e. The highest BCUT2D eigenvalue weighted by Crippen LogP contribution is 2.21. The van der Waals surface area contributed by atoms with E-state index in [0.717, 1.165) is 19.0 Å². The zero-order chi connectivity index (χ0) is 17.5. The molecule has 0 atom stereocenters. The van der Waals surface area contributed by atoms with Crippen molar-refractivity contribution in [3.8, 4) is 0 Å². The molecule has 23 heavy (non-hydrogen) atoms. The lowest BCUT2D eigenvalue weighted by Crippen LogP contribution is -2.41. The maximum absolute atomic E-state index is 11.3. The fraction of sp³-hybridized carbons (Fsp3) is 0.947. The fourth-order valence-electron chi connectivity index (χ4n) is 3.26. The maximum Gasteiger partial charge on any atom is 0.233 e. The number of carbonyl (C=O) groups excluding carboxylic acids is 1. The van der Waals surface area contributed by atoms with Crippen molar-refractivity contribution in [2.45, 2.75) is 66.2 Å². The number of carbonyl (C=O) groups is 1. The van der Waals surface area contributed by atoms with Gasteiger partial charge in [0.1, 0.15) is 0 Å². The highest BCUT2D eigenvalue weighted by atomic mass is 16.1. The number of nitrogens with one attached hydrogen (secondary N) is 1. The van der Waals surface area contributed by atoms with E-state index in [1.54, 1.807) is 7.05 Å². The lowest BCUT2D eigenvalue weighted by molar-refractivity contribution is -0.122. The van der Waals surface area contributed by atoms with Crippen LogP contribution in [0.4, 0.5) is 0 Å². The van der Waals surface area contributed by atoms with Crippen molar-refractivity contribution in [3.63, 3.8) is 0 Å². The van der Waals surface area contributed by atoms with E-state index < -0.39 is 0 Å². The minimum atomic E-state index is 0.145. The van der Waals surface area contributed by atoms with Crippen molar-refractivity contribution in [2.75, 3.05) is 46.3 Å². The van der Waals surface area contributed by atoms with Crippen LogP contribution < -0.4 is 5.32 Å². The first kappa shape index (κ1) is 22.4. The lowest BCUT2D eigenvalue weighted by Gasteiger charge is -2.33.